The van der Waals surface area contributed by atoms with Gasteiger partial charge in [0, 0.05) is 32.1 Å². The van der Waals surface area contributed by atoms with Gasteiger partial charge in [0.1, 0.15) is 0 Å². The summed E-state index contributed by atoms with van der Waals surface area (Å²) >= 11 is 3.43. The molecule has 4 heteroatoms. The Morgan fingerprint density at radius 1 is 0.781 bits per heavy atom. The van der Waals surface area contributed by atoms with Crippen molar-refractivity contribution in [3.8, 4) is 10.4 Å². The molecule has 0 atom stereocenters. The average molecular weight is 452 g/mol. The zero-order valence-corrected chi connectivity index (χ0v) is 19.5. The Bertz CT molecular complexity index is 1420. The van der Waals surface area contributed by atoms with E-state index in [2.05, 4.69) is 97.6 Å². The lowest BCUT2D eigenvalue weighted by molar-refractivity contribution is 0.112. The van der Waals surface area contributed by atoms with Crippen LogP contribution in [0.25, 0.3) is 19.8 Å². The van der Waals surface area contributed by atoms with Crippen LogP contribution < -0.4 is 4.90 Å². The number of hydrogen-bond acceptors (Lipinski definition) is 4. The minimum Gasteiger partial charge on any atom is -0.310 e. The number of benzene rings is 3. The van der Waals surface area contributed by atoms with Crippen LogP contribution in [0.3, 0.4) is 0 Å². The number of thiophene rings is 2. The number of rotatable bonds is 4. The van der Waals surface area contributed by atoms with Crippen molar-refractivity contribution in [2.45, 2.75) is 19.3 Å². The number of nitrogens with zero attached hydrogens (tertiary/aromatic N) is 1. The Morgan fingerprint density at radius 2 is 1.44 bits per heavy atom. The van der Waals surface area contributed by atoms with Crippen molar-refractivity contribution in [3.63, 3.8) is 0 Å². The quantitative estimate of drug-likeness (QED) is 0.255. The molecule has 6 rings (SSSR count). The van der Waals surface area contributed by atoms with E-state index in [1.807, 2.05) is 17.4 Å². The van der Waals surface area contributed by atoms with Gasteiger partial charge < -0.3 is 4.90 Å². The molecule has 5 aromatic rings. The van der Waals surface area contributed by atoms with Crippen LogP contribution in [-0.4, -0.2) is 6.29 Å². The third-order valence-corrected chi connectivity index (χ3v) is 8.71. The minimum atomic E-state index is -0.122. The number of carbonyl (C=O) groups excluding carboxylic acids is 1. The fourth-order valence-electron chi connectivity index (χ4n) is 4.84. The molecule has 0 saturated heterocycles. The summed E-state index contributed by atoms with van der Waals surface area (Å²) in [5, 5.41) is 0. The highest BCUT2D eigenvalue weighted by molar-refractivity contribution is 7.30. The van der Waals surface area contributed by atoms with Gasteiger partial charge in [0.05, 0.1) is 9.58 Å². The normalized spacial score (nSPS) is 13.7. The number of carbonyl (C=O) groups is 1. The van der Waals surface area contributed by atoms with Crippen LogP contribution in [0.4, 0.5) is 17.1 Å². The van der Waals surface area contributed by atoms with Crippen molar-refractivity contribution >= 4 is 55.4 Å². The maximum atomic E-state index is 11.4. The third kappa shape index (κ3) is 2.80. The molecule has 0 saturated carbocycles. The standard InChI is InChI=1S/C28H21NOS2/c1-28(2)23-15-20(29(18-9-5-3-6-10-18)19-11-7-4-8-12-19)13-14-22(23)26-25(28)27-24(32-26)16-21(17-30)31-27/h3-17H,1-2H3. The molecule has 0 N–H and O–H groups in total. The van der Waals surface area contributed by atoms with E-state index in [1.54, 1.807) is 11.3 Å². The lowest BCUT2D eigenvalue weighted by Crippen LogP contribution is -2.16. The molecule has 0 aliphatic heterocycles. The SMILES string of the molecule is CC1(C)c2cc(N(c3ccccc3)c3ccccc3)ccc2-c2sc3cc(C=O)sc3c21. The number of anilines is 3. The fraction of sp³-hybridized carbons (Fsp3) is 0.107. The molecule has 2 aromatic heterocycles. The summed E-state index contributed by atoms with van der Waals surface area (Å²) in [6, 6.07) is 29.9. The molecule has 0 unspecified atom stereocenters. The summed E-state index contributed by atoms with van der Waals surface area (Å²) in [4.78, 5) is 15.8. The van der Waals surface area contributed by atoms with Crippen molar-refractivity contribution < 1.29 is 4.79 Å². The van der Waals surface area contributed by atoms with E-state index >= 15 is 0 Å². The van der Waals surface area contributed by atoms with Gasteiger partial charge >= 0.3 is 0 Å². The van der Waals surface area contributed by atoms with Crippen LogP contribution in [0, 0.1) is 0 Å². The van der Waals surface area contributed by atoms with Gasteiger partial charge in [-0.1, -0.05) is 56.3 Å². The smallest absolute Gasteiger partial charge is 0.160 e. The molecular formula is C28H21NOS2. The monoisotopic (exact) mass is 451 g/mol. The number of para-hydroxylation sites is 2. The van der Waals surface area contributed by atoms with Crippen LogP contribution in [0.5, 0.6) is 0 Å². The Hall–Kier alpha value is -3.21. The topological polar surface area (TPSA) is 20.3 Å². The molecule has 1 aliphatic rings. The average Bonchev–Trinajstić information content (AvgIpc) is 3.44. The van der Waals surface area contributed by atoms with Crippen LogP contribution >= 0.6 is 22.7 Å². The Labute approximate surface area is 195 Å². The molecule has 0 bridgehead atoms. The number of aldehydes is 1. The summed E-state index contributed by atoms with van der Waals surface area (Å²) in [6.07, 6.45) is 0.967. The Balaban J connectivity index is 1.54. The van der Waals surface area contributed by atoms with Crippen LogP contribution in [0.2, 0.25) is 0 Å². The lowest BCUT2D eigenvalue weighted by atomic mass is 9.82. The van der Waals surface area contributed by atoms with Gasteiger partial charge in [0.15, 0.2) is 6.29 Å². The van der Waals surface area contributed by atoms with Gasteiger partial charge in [-0.15, -0.1) is 22.7 Å². The molecule has 0 radical (unpaired) electrons. The molecule has 2 heterocycles. The van der Waals surface area contributed by atoms with Crippen molar-refractivity contribution in [2.24, 2.45) is 0 Å². The zero-order valence-electron chi connectivity index (χ0n) is 17.8. The zero-order chi connectivity index (χ0) is 21.9. The van der Waals surface area contributed by atoms with E-state index in [9.17, 15) is 4.79 Å². The van der Waals surface area contributed by atoms with Gasteiger partial charge in [-0.25, -0.2) is 0 Å². The van der Waals surface area contributed by atoms with E-state index in [0.717, 1.165) is 28.2 Å². The first-order valence-corrected chi connectivity index (χ1v) is 12.3. The van der Waals surface area contributed by atoms with Gasteiger partial charge in [0.2, 0.25) is 0 Å². The second-order valence-electron chi connectivity index (χ2n) is 8.63. The van der Waals surface area contributed by atoms with E-state index < -0.39 is 0 Å². The van der Waals surface area contributed by atoms with Gasteiger partial charge in [-0.05, 0) is 59.2 Å². The molecule has 2 nitrogen and oxygen atoms in total. The van der Waals surface area contributed by atoms with Crippen molar-refractivity contribution in [1.29, 1.82) is 0 Å². The first-order valence-electron chi connectivity index (χ1n) is 10.6. The molecule has 3 aromatic carbocycles. The summed E-state index contributed by atoms with van der Waals surface area (Å²) in [6.45, 7) is 4.62. The first kappa shape index (κ1) is 19.5. The second kappa shape index (κ2) is 7.16. The highest BCUT2D eigenvalue weighted by Crippen LogP contribution is 2.57. The molecule has 0 spiro atoms. The summed E-state index contributed by atoms with van der Waals surface area (Å²) < 4.78 is 2.48. The first-order chi connectivity index (χ1) is 15.6. The lowest BCUT2D eigenvalue weighted by Gasteiger charge is -2.28. The third-order valence-electron chi connectivity index (χ3n) is 6.33. The fourth-order valence-corrected chi connectivity index (χ4v) is 7.66. The van der Waals surface area contributed by atoms with Gasteiger partial charge in [-0.3, -0.25) is 4.79 Å². The van der Waals surface area contributed by atoms with Gasteiger partial charge in [0.25, 0.3) is 0 Å². The highest BCUT2D eigenvalue weighted by atomic mass is 32.1. The van der Waals surface area contributed by atoms with Crippen LogP contribution in [-0.2, 0) is 5.41 Å². The highest BCUT2D eigenvalue weighted by Gasteiger charge is 2.40. The second-order valence-corrected chi connectivity index (χ2v) is 10.8. The minimum absolute atomic E-state index is 0.122. The summed E-state index contributed by atoms with van der Waals surface area (Å²) in [7, 11) is 0. The predicted molar refractivity (Wildman–Crippen MR) is 137 cm³/mol. The summed E-state index contributed by atoms with van der Waals surface area (Å²) in [5.74, 6) is 0. The predicted octanol–water partition coefficient (Wildman–Crippen LogP) is 8.55. The van der Waals surface area contributed by atoms with Crippen molar-refractivity contribution in [2.75, 3.05) is 4.90 Å². The molecule has 0 amide bonds. The summed E-state index contributed by atoms with van der Waals surface area (Å²) in [5.41, 5.74) is 7.34. The molecule has 156 valence electrons. The molecule has 1 aliphatic carbocycles. The van der Waals surface area contributed by atoms with Crippen LogP contribution in [0.1, 0.15) is 34.6 Å². The maximum Gasteiger partial charge on any atom is 0.160 e. The number of fused-ring (bicyclic) bond motifs is 5. The maximum absolute atomic E-state index is 11.4. The van der Waals surface area contributed by atoms with Gasteiger partial charge in [-0.2, -0.15) is 0 Å². The number of hydrogen-bond donors (Lipinski definition) is 0. The molecule has 0 fully saturated rings. The molecular weight excluding hydrogens is 430 g/mol. The molecule has 32 heavy (non-hydrogen) atoms. The van der Waals surface area contributed by atoms with E-state index in [1.165, 1.54) is 31.0 Å². The van der Waals surface area contributed by atoms with E-state index in [-0.39, 0.29) is 5.41 Å². The van der Waals surface area contributed by atoms with E-state index in [4.69, 9.17) is 0 Å². The van der Waals surface area contributed by atoms with Crippen LogP contribution in [0.15, 0.2) is 84.9 Å². The van der Waals surface area contributed by atoms with E-state index in [0.29, 0.717) is 0 Å². The Kier molecular flexibility index (Phi) is 4.36. The van der Waals surface area contributed by atoms with Crippen molar-refractivity contribution in [3.05, 3.63) is 101 Å². The largest absolute Gasteiger partial charge is 0.310 e. The van der Waals surface area contributed by atoms with Crippen molar-refractivity contribution in [1.82, 2.24) is 0 Å². The Morgan fingerprint density at radius 3 is 2.06 bits per heavy atom.